The summed E-state index contributed by atoms with van der Waals surface area (Å²) in [4.78, 5) is 11.9. The molecule has 0 bridgehead atoms. The highest BCUT2D eigenvalue weighted by Crippen LogP contribution is 2.35. The number of para-hydroxylation sites is 2. The smallest absolute Gasteiger partial charge is 0.259 e. The number of nitrogens with one attached hydrogen (secondary N) is 2. The van der Waals surface area contributed by atoms with Gasteiger partial charge in [0.05, 0.1) is 44.8 Å². The Bertz CT molecular complexity index is 796. The third-order valence-corrected chi connectivity index (χ3v) is 3.69. The summed E-state index contributed by atoms with van der Waals surface area (Å²) in [5.74, 6) is 1.27. The van der Waals surface area contributed by atoms with E-state index in [4.69, 9.17) is 25.8 Å². The number of methoxy groups -OCH3 is 3. The number of rotatable bonds is 8. The summed E-state index contributed by atoms with van der Waals surface area (Å²) in [5, 5.41) is 7.29. The van der Waals surface area contributed by atoms with Crippen LogP contribution in [0, 0.1) is 0 Å². The molecule has 2 rings (SSSR count). The summed E-state index contributed by atoms with van der Waals surface area (Å²) < 4.78 is 15.6. The minimum absolute atomic E-state index is 0.0460. The first-order chi connectivity index (χ1) is 12.6. The zero-order chi connectivity index (χ0) is 18.9. The van der Waals surface area contributed by atoms with Gasteiger partial charge >= 0.3 is 0 Å². The van der Waals surface area contributed by atoms with Crippen LogP contribution in [-0.2, 0) is 4.79 Å². The number of carbonyl (C=O) groups excluding carboxylic acids is 1. The Morgan fingerprint density at radius 3 is 2.54 bits per heavy atom. The van der Waals surface area contributed by atoms with Crippen LogP contribution in [0.5, 0.6) is 17.2 Å². The monoisotopic (exact) mass is 377 g/mol. The molecule has 0 saturated carbocycles. The van der Waals surface area contributed by atoms with E-state index in [0.29, 0.717) is 27.8 Å². The maximum Gasteiger partial charge on any atom is 0.259 e. The second kappa shape index (κ2) is 9.53. The normalized spacial score (nSPS) is 10.5. The van der Waals surface area contributed by atoms with Gasteiger partial charge in [0.2, 0.25) is 0 Å². The van der Waals surface area contributed by atoms with E-state index in [1.165, 1.54) is 20.4 Å². The Morgan fingerprint density at radius 2 is 1.85 bits per heavy atom. The van der Waals surface area contributed by atoms with E-state index in [1.807, 2.05) is 18.2 Å². The van der Waals surface area contributed by atoms with Crippen molar-refractivity contribution in [2.75, 3.05) is 33.2 Å². The van der Waals surface area contributed by atoms with Gasteiger partial charge in [0, 0.05) is 0 Å². The summed E-state index contributed by atoms with van der Waals surface area (Å²) in [7, 11) is 4.59. The topological polar surface area (TPSA) is 81.2 Å². The summed E-state index contributed by atoms with van der Waals surface area (Å²) in [6, 6.07) is 10.7. The van der Waals surface area contributed by atoms with E-state index < -0.39 is 0 Å². The molecule has 2 N–H and O–H groups in total. The lowest BCUT2D eigenvalue weighted by Gasteiger charge is -2.10. The van der Waals surface area contributed by atoms with Crippen molar-refractivity contribution in [3.8, 4) is 17.2 Å². The zero-order valence-corrected chi connectivity index (χ0v) is 15.5. The number of halogens is 1. The molecule has 0 aliphatic carbocycles. The molecule has 2 aromatic carbocycles. The highest BCUT2D eigenvalue weighted by molar-refractivity contribution is 6.32. The van der Waals surface area contributed by atoms with Crippen LogP contribution >= 0.6 is 11.6 Å². The van der Waals surface area contributed by atoms with Crippen molar-refractivity contribution in [3.05, 3.63) is 47.0 Å². The molecule has 0 saturated heterocycles. The Kier molecular flexibility index (Phi) is 7.11. The molecular weight excluding hydrogens is 358 g/mol. The second-order valence-electron chi connectivity index (χ2n) is 5.09. The van der Waals surface area contributed by atoms with Crippen molar-refractivity contribution >= 4 is 29.4 Å². The van der Waals surface area contributed by atoms with Crippen molar-refractivity contribution in [3.63, 3.8) is 0 Å². The summed E-state index contributed by atoms with van der Waals surface area (Å²) in [5.41, 5.74) is 3.82. The van der Waals surface area contributed by atoms with Crippen LogP contribution in [0.25, 0.3) is 0 Å². The molecule has 0 heterocycles. The quantitative estimate of drug-likeness (QED) is 0.546. The number of anilines is 1. The van der Waals surface area contributed by atoms with Gasteiger partial charge in [-0.1, -0.05) is 23.7 Å². The number of carbonyl (C=O) groups is 1. The van der Waals surface area contributed by atoms with Gasteiger partial charge in [0.15, 0.2) is 11.5 Å². The summed E-state index contributed by atoms with van der Waals surface area (Å²) >= 11 is 6.13. The molecule has 0 aliphatic heterocycles. The Balaban J connectivity index is 1.94. The van der Waals surface area contributed by atoms with Crippen LogP contribution in [0.4, 0.5) is 5.69 Å². The minimum atomic E-state index is -0.307. The Labute approximate surface area is 156 Å². The van der Waals surface area contributed by atoms with E-state index >= 15 is 0 Å². The summed E-state index contributed by atoms with van der Waals surface area (Å²) in [6.07, 6.45) is 1.47. The molecule has 0 aliphatic rings. The number of hydrogen-bond acceptors (Lipinski definition) is 6. The molecular formula is C18H20ClN3O4. The molecule has 138 valence electrons. The van der Waals surface area contributed by atoms with Crippen LogP contribution in [0.3, 0.4) is 0 Å². The fourth-order valence-corrected chi connectivity index (χ4v) is 2.49. The molecule has 0 spiro atoms. The minimum Gasteiger partial charge on any atom is -0.495 e. The highest BCUT2D eigenvalue weighted by Gasteiger charge is 2.10. The molecule has 0 fully saturated rings. The van der Waals surface area contributed by atoms with E-state index in [0.717, 1.165) is 5.69 Å². The molecule has 0 aromatic heterocycles. The lowest BCUT2D eigenvalue weighted by molar-refractivity contribution is -0.119. The first-order valence-corrected chi connectivity index (χ1v) is 8.07. The lowest BCUT2D eigenvalue weighted by Crippen LogP contribution is -2.26. The second-order valence-corrected chi connectivity index (χ2v) is 5.49. The number of benzene rings is 2. The maximum absolute atomic E-state index is 11.9. The molecule has 0 atom stereocenters. The van der Waals surface area contributed by atoms with Gasteiger partial charge in [-0.3, -0.25) is 4.79 Å². The van der Waals surface area contributed by atoms with Crippen molar-refractivity contribution in [2.45, 2.75) is 0 Å². The standard InChI is InChI=1S/C18H20ClN3O4/c1-24-15-7-5-4-6-14(15)20-11-17(23)22-21-10-12-8-13(19)18(26-3)16(9-12)25-2/h4-10,20H,11H2,1-3H3,(H,22,23)/b21-10+. The van der Waals surface area contributed by atoms with E-state index in [-0.39, 0.29) is 12.5 Å². The van der Waals surface area contributed by atoms with E-state index in [9.17, 15) is 4.79 Å². The number of hydrazone groups is 1. The SMILES string of the molecule is COc1ccccc1NCC(=O)N/N=C/c1cc(Cl)c(OC)c(OC)c1. The first-order valence-electron chi connectivity index (χ1n) is 7.69. The summed E-state index contributed by atoms with van der Waals surface area (Å²) in [6.45, 7) is 0.0460. The number of hydrogen-bond donors (Lipinski definition) is 2. The Hall–Kier alpha value is -2.93. The van der Waals surface area contributed by atoms with Crippen LogP contribution in [0.15, 0.2) is 41.5 Å². The third kappa shape index (κ3) is 5.03. The predicted molar refractivity (Wildman–Crippen MR) is 102 cm³/mol. The first kappa shape index (κ1) is 19.4. The Morgan fingerprint density at radius 1 is 1.12 bits per heavy atom. The van der Waals surface area contributed by atoms with Crippen LogP contribution < -0.4 is 25.0 Å². The lowest BCUT2D eigenvalue weighted by atomic mass is 10.2. The number of nitrogens with zero attached hydrogens (tertiary/aromatic N) is 1. The largest absolute Gasteiger partial charge is 0.495 e. The van der Waals surface area contributed by atoms with Crippen LogP contribution in [0.1, 0.15) is 5.56 Å². The van der Waals surface area contributed by atoms with Gasteiger partial charge in [0.1, 0.15) is 5.75 Å². The van der Waals surface area contributed by atoms with Gasteiger partial charge in [-0.2, -0.15) is 5.10 Å². The molecule has 26 heavy (non-hydrogen) atoms. The van der Waals surface area contributed by atoms with Crippen molar-refractivity contribution < 1.29 is 19.0 Å². The zero-order valence-electron chi connectivity index (χ0n) is 14.7. The average Bonchev–Trinajstić information content (AvgIpc) is 2.66. The van der Waals surface area contributed by atoms with Crippen molar-refractivity contribution in [2.24, 2.45) is 5.10 Å². The predicted octanol–water partition coefficient (Wildman–Crippen LogP) is 2.93. The van der Waals surface area contributed by atoms with Gasteiger partial charge in [0.25, 0.3) is 5.91 Å². The van der Waals surface area contributed by atoms with Gasteiger partial charge in [-0.25, -0.2) is 5.43 Å². The average molecular weight is 378 g/mol. The van der Waals surface area contributed by atoms with Crippen molar-refractivity contribution in [1.29, 1.82) is 0 Å². The molecule has 7 nitrogen and oxygen atoms in total. The highest BCUT2D eigenvalue weighted by atomic mass is 35.5. The third-order valence-electron chi connectivity index (χ3n) is 3.41. The maximum atomic E-state index is 11.9. The van der Waals surface area contributed by atoms with E-state index in [2.05, 4.69) is 15.8 Å². The van der Waals surface area contributed by atoms with Gasteiger partial charge in [-0.05, 0) is 29.8 Å². The molecule has 0 unspecified atom stereocenters. The van der Waals surface area contributed by atoms with Gasteiger partial charge in [-0.15, -0.1) is 0 Å². The van der Waals surface area contributed by atoms with Crippen molar-refractivity contribution in [1.82, 2.24) is 5.43 Å². The van der Waals surface area contributed by atoms with Gasteiger partial charge < -0.3 is 19.5 Å². The molecule has 0 radical (unpaired) electrons. The number of ether oxygens (including phenoxy) is 3. The molecule has 2 aromatic rings. The fraction of sp³-hybridized carbons (Fsp3) is 0.222. The van der Waals surface area contributed by atoms with Crippen LogP contribution in [0.2, 0.25) is 5.02 Å². The van der Waals surface area contributed by atoms with Crippen LogP contribution in [-0.4, -0.2) is 40.0 Å². The molecule has 1 amide bonds. The fourth-order valence-electron chi connectivity index (χ4n) is 2.20. The van der Waals surface area contributed by atoms with E-state index in [1.54, 1.807) is 25.3 Å². The molecule has 8 heteroatoms. The number of amides is 1.